The SMILES string of the molecule is CCCC(O)(Cn1nc(C)c(S(=O)(=O)N(C)CC)c1C)C(F)(F)F. The molecule has 0 aliphatic heterocycles. The van der Waals surface area contributed by atoms with Gasteiger partial charge in [-0.25, -0.2) is 12.7 Å². The Morgan fingerprint density at radius 1 is 1.25 bits per heavy atom. The van der Waals surface area contributed by atoms with Gasteiger partial charge in [0.25, 0.3) is 0 Å². The highest BCUT2D eigenvalue weighted by Gasteiger charge is 2.53. The van der Waals surface area contributed by atoms with Crippen molar-refractivity contribution in [1.82, 2.24) is 14.1 Å². The van der Waals surface area contributed by atoms with Crippen molar-refractivity contribution in [3.05, 3.63) is 11.4 Å². The van der Waals surface area contributed by atoms with E-state index in [4.69, 9.17) is 0 Å². The lowest BCUT2D eigenvalue weighted by Gasteiger charge is -2.30. The number of alkyl halides is 3. The van der Waals surface area contributed by atoms with Crippen LogP contribution in [0.4, 0.5) is 13.2 Å². The second-order valence-electron chi connectivity index (χ2n) is 5.86. The molecule has 1 aromatic heterocycles. The van der Waals surface area contributed by atoms with Gasteiger partial charge in [0.05, 0.1) is 17.9 Å². The van der Waals surface area contributed by atoms with Crippen LogP contribution in [0.1, 0.15) is 38.1 Å². The van der Waals surface area contributed by atoms with E-state index in [1.54, 1.807) is 6.92 Å². The van der Waals surface area contributed by atoms with E-state index >= 15 is 0 Å². The monoisotopic (exact) mass is 371 g/mol. The highest BCUT2D eigenvalue weighted by atomic mass is 32.2. The first-order valence-electron chi connectivity index (χ1n) is 7.61. The number of aryl methyl sites for hydroxylation is 1. The lowest BCUT2D eigenvalue weighted by atomic mass is 9.97. The predicted octanol–water partition coefficient (Wildman–Crippen LogP) is 2.23. The number of halogens is 3. The van der Waals surface area contributed by atoms with Crippen LogP contribution in [0.2, 0.25) is 0 Å². The van der Waals surface area contributed by atoms with E-state index in [9.17, 15) is 26.7 Å². The van der Waals surface area contributed by atoms with Crippen LogP contribution >= 0.6 is 0 Å². The summed E-state index contributed by atoms with van der Waals surface area (Å²) in [6, 6.07) is 0. The Morgan fingerprint density at radius 3 is 2.21 bits per heavy atom. The van der Waals surface area contributed by atoms with Gasteiger partial charge >= 0.3 is 6.18 Å². The van der Waals surface area contributed by atoms with Crippen molar-refractivity contribution in [1.29, 1.82) is 0 Å². The van der Waals surface area contributed by atoms with Gasteiger partial charge in [0.15, 0.2) is 5.60 Å². The van der Waals surface area contributed by atoms with E-state index in [-0.39, 0.29) is 29.2 Å². The number of nitrogens with zero attached hydrogens (tertiary/aromatic N) is 3. The molecule has 0 spiro atoms. The Hall–Kier alpha value is -1.13. The Bertz CT molecular complexity index is 685. The van der Waals surface area contributed by atoms with Crippen LogP contribution in [0.5, 0.6) is 0 Å². The molecule has 0 saturated carbocycles. The number of aliphatic hydroxyl groups is 1. The fourth-order valence-corrected chi connectivity index (χ4v) is 4.05. The molecule has 140 valence electrons. The van der Waals surface area contributed by atoms with Crippen LogP contribution in [0.3, 0.4) is 0 Å². The van der Waals surface area contributed by atoms with Crippen LogP contribution in [-0.2, 0) is 16.6 Å². The molecule has 0 aliphatic rings. The van der Waals surface area contributed by atoms with Crippen LogP contribution in [0.25, 0.3) is 0 Å². The number of hydrogen-bond acceptors (Lipinski definition) is 4. The average molecular weight is 371 g/mol. The van der Waals surface area contributed by atoms with Gasteiger partial charge in [-0.15, -0.1) is 0 Å². The van der Waals surface area contributed by atoms with E-state index in [2.05, 4.69) is 5.10 Å². The molecular weight excluding hydrogens is 347 g/mol. The Balaban J connectivity index is 3.38. The summed E-state index contributed by atoms with van der Waals surface area (Å²) in [4.78, 5) is -0.118. The second-order valence-corrected chi connectivity index (χ2v) is 7.84. The molecule has 10 heteroatoms. The Morgan fingerprint density at radius 2 is 1.79 bits per heavy atom. The first-order valence-corrected chi connectivity index (χ1v) is 9.05. The summed E-state index contributed by atoms with van der Waals surface area (Å²) in [6.07, 6.45) is -5.21. The van der Waals surface area contributed by atoms with Crippen molar-refractivity contribution in [3.8, 4) is 0 Å². The van der Waals surface area contributed by atoms with E-state index < -0.39 is 34.8 Å². The van der Waals surface area contributed by atoms with Gasteiger partial charge < -0.3 is 5.11 Å². The van der Waals surface area contributed by atoms with Crippen LogP contribution in [-0.4, -0.2) is 53.0 Å². The fraction of sp³-hybridized carbons (Fsp3) is 0.786. The quantitative estimate of drug-likeness (QED) is 0.798. The standard InChI is InChI=1S/C14H24F3N3O3S/c1-6-8-13(21,14(15,16)17)9-20-11(4)12(10(3)18-20)24(22,23)19(5)7-2/h21H,6-9H2,1-5H3. The molecule has 0 saturated heterocycles. The Kier molecular flexibility index (Phi) is 6.11. The maximum atomic E-state index is 13.2. The van der Waals surface area contributed by atoms with Gasteiger partial charge in [-0.05, 0) is 20.3 Å². The summed E-state index contributed by atoms with van der Waals surface area (Å²) in [7, 11) is -2.46. The molecule has 0 amide bonds. The summed E-state index contributed by atoms with van der Waals surface area (Å²) >= 11 is 0. The third kappa shape index (κ3) is 3.75. The summed E-state index contributed by atoms with van der Waals surface area (Å²) in [6.45, 7) is 5.36. The van der Waals surface area contributed by atoms with Gasteiger partial charge in [0.1, 0.15) is 4.90 Å². The normalized spacial score (nSPS) is 15.8. The smallest absolute Gasteiger partial charge is 0.379 e. The zero-order valence-electron chi connectivity index (χ0n) is 14.5. The Labute approximate surface area is 140 Å². The maximum absolute atomic E-state index is 13.2. The highest BCUT2D eigenvalue weighted by Crippen LogP contribution is 2.36. The van der Waals surface area contributed by atoms with Crippen molar-refractivity contribution in [2.24, 2.45) is 0 Å². The number of hydrogen-bond donors (Lipinski definition) is 1. The predicted molar refractivity (Wildman–Crippen MR) is 83.1 cm³/mol. The van der Waals surface area contributed by atoms with Gasteiger partial charge in [0, 0.05) is 13.6 Å². The molecule has 0 aromatic carbocycles. The second kappa shape index (κ2) is 7.01. The molecule has 1 atom stereocenters. The van der Waals surface area contributed by atoms with Crippen molar-refractivity contribution >= 4 is 10.0 Å². The lowest BCUT2D eigenvalue weighted by Crippen LogP contribution is -2.48. The fourth-order valence-electron chi connectivity index (χ4n) is 2.51. The van der Waals surface area contributed by atoms with Crippen molar-refractivity contribution in [3.63, 3.8) is 0 Å². The van der Waals surface area contributed by atoms with Gasteiger partial charge in [-0.1, -0.05) is 20.3 Å². The van der Waals surface area contributed by atoms with Gasteiger partial charge in [0.2, 0.25) is 10.0 Å². The number of aromatic nitrogens is 2. The summed E-state index contributed by atoms with van der Waals surface area (Å²) < 4.78 is 66.7. The first kappa shape index (κ1) is 20.9. The largest absolute Gasteiger partial charge is 0.419 e. The molecule has 1 N–H and O–H groups in total. The molecule has 1 heterocycles. The molecule has 0 aliphatic carbocycles. The molecule has 1 aromatic rings. The molecule has 0 fully saturated rings. The molecule has 1 unspecified atom stereocenters. The van der Waals surface area contributed by atoms with Crippen molar-refractivity contribution < 1.29 is 26.7 Å². The molecule has 24 heavy (non-hydrogen) atoms. The zero-order chi connectivity index (χ0) is 18.9. The van der Waals surface area contributed by atoms with E-state index in [0.717, 1.165) is 8.99 Å². The molecular formula is C14H24F3N3O3S. The van der Waals surface area contributed by atoms with E-state index in [1.165, 1.54) is 27.8 Å². The van der Waals surface area contributed by atoms with Crippen molar-refractivity contribution in [2.45, 2.75) is 63.8 Å². The molecule has 0 bridgehead atoms. The zero-order valence-corrected chi connectivity index (χ0v) is 15.3. The average Bonchev–Trinajstić information content (AvgIpc) is 2.71. The van der Waals surface area contributed by atoms with Crippen LogP contribution < -0.4 is 0 Å². The minimum atomic E-state index is -4.84. The highest BCUT2D eigenvalue weighted by molar-refractivity contribution is 7.89. The third-order valence-corrected chi connectivity index (χ3v) is 6.22. The first-order chi connectivity index (χ1) is 10.8. The maximum Gasteiger partial charge on any atom is 0.419 e. The summed E-state index contributed by atoms with van der Waals surface area (Å²) in [5, 5.41) is 14.0. The minimum absolute atomic E-state index is 0.0755. The van der Waals surface area contributed by atoms with E-state index in [1.807, 2.05) is 0 Å². The number of sulfonamides is 1. The van der Waals surface area contributed by atoms with E-state index in [0.29, 0.717) is 0 Å². The van der Waals surface area contributed by atoms with Gasteiger partial charge in [-0.3, -0.25) is 4.68 Å². The van der Waals surface area contributed by atoms with Gasteiger partial charge in [-0.2, -0.15) is 18.3 Å². The van der Waals surface area contributed by atoms with Crippen molar-refractivity contribution in [2.75, 3.05) is 13.6 Å². The number of rotatable bonds is 7. The molecule has 1 rings (SSSR count). The van der Waals surface area contributed by atoms with Crippen LogP contribution in [0, 0.1) is 13.8 Å². The van der Waals surface area contributed by atoms with Crippen LogP contribution in [0.15, 0.2) is 4.90 Å². The minimum Gasteiger partial charge on any atom is -0.379 e. The summed E-state index contributed by atoms with van der Waals surface area (Å²) in [5.41, 5.74) is -2.77. The molecule has 6 nitrogen and oxygen atoms in total. The third-order valence-electron chi connectivity index (χ3n) is 4.03. The topological polar surface area (TPSA) is 75.4 Å². The molecule has 0 radical (unpaired) electrons. The lowest BCUT2D eigenvalue weighted by molar-refractivity contribution is -0.268. The summed E-state index contributed by atoms with van der Waals surface area (Å²) in [5.74, 6) is 0.